The molecule has 4 nitrogen and oxygen atoms in total. The third kappa shape index (κ3) is 4.94. The standard InChI is InChI=1S/C16H23NO3/c1-13(11-17-20-15-9-5-6-10-15)16(18)19-12-14-7-3-2-4-8-14/h2-4,7-8,13,15,17H,5-6,9-12H2,1H3. The summed E-state index contributed by atoms with van der Waals surface area (Å²) in [5, 5.41) is 0. The van der Waals surface area contributed by atoms with E-state index in [1.54, 1.807) is 0 Å². The average Bonchev–Trinajstić information content (AvgIpc) is 2.99. The number of esters is 1. The lowest BCUT2D eigenvalue weighted by Crippen LogP contribution is -2.30. The Morgan fingerprint density at radius 3 is 2.70 bits per heavy atom. The minimum atomic E-state index is -0.208. The predicted molar refractivity (Wildman–Crippen MR) is 76.7 cm³/mol. The molecule has 1 fully saturated rings. The number of hydrogen-bond donors (Lipinski definition) is 1. The fraction of sp³-hybridized carbons (Fsp3) is 0.562. The first-order valence-corrected chi connectivity index (χ1v) is 7.35. The van der Waals surface area contributed by atoms with Crippen molar-refractivity contribution in [2.75, 3.05) is 6.54 Å². The van der Waals surface area contributed by atoms with Gasteiger partial charge in [-0.2, -0.15) is 0 Å². The summed E-state index contributed by atoms with van der Waals surface area (Å²) < 4.78 is 5.28. The number of benzene rings is 1. The van der Waals surface area contributed by atoms with Gasteiger partial charge in [0.2, 0.25) is 0 Å². The fourth-order valence-corrected chi connectivity index (χ4v) is 2.25. The van der Waals surface area contributed by atoms with Crippen molar-refractivity contribution in [3.8, 4) is 0 Å². The van der Waals surface area contributed by atoms with E-state index in [2.05, 4.69) is 5.48 Å². The number of carbonyl (C=O) groups excluding carboxylic acids is 1. The van der Waals surface area contributed by atoms with Gasteiger partial charge < -0.3 is 4.74 Å². The maximum Gasteiger partial charge on any atom is 0.310 e. The largest absolute Gasteiger partial charge is 0.461 e. The van der Waals surface area contributed by atoms with Crippen molar-refractivity contribution in [1.82, 2.24) is 5.48 Å². The van der Waals surface area contributed by atoms with Crippen molar-refractivity contribution in [3.05, 3.63) is 35.9 Å². The van der Waals surface area contributed by atoms with E-state index in [9.17, 15) is 4.79 Å². The fourth-order valence-electron chi connectivity index (χ4n) is 2.25. The molecule has 20 heavy (non-hydrogen) atoms. The van der Waals surface area contributed by atoms with Gasteiger partial charge in [-0.1, -0.05) is 50.1 Å². The minimum Gasteiger partial charge on any atom is -0.461 e. The van der Waals surface area contributed by atoms with Crippen LogP contribution in [0.2, 0.25) is 0 Å². The topological polar surface area (TPSA) is 47.6 Å². The molecule has 1 aliphatic rings. The van der Waals surface area contributed by atoms with Gasteiger partial charge in [0.25, 0.3) is 0 Å². The van der Waals surface area contributed by atoms with Gasteiger partial charge in [0, 0.05) is 6.54 Å². The van der Waals surface area contributed by atoms with E-state index in [1.165, 1.54) is 12.8 Å². The van der Waals surface area contributed by atoms with Gasteiger partial charge in [0.15, 0.2) is 0 Å². The van der Waals surface area contributed by atoms with E-state index >= 15 is 0 Å². The molecule has 110 valence electrons. The number of ether oxygens (including phenoxy) is 1. The molecular weight excluding hydrogens is 254 g/mol. The van der Waals surface area contributed by atoms with Crippen molar-refractivity contribution in [2.24, 2.45) is 5.92 Å². The van der Waals surface area contributed by atoms with Crippen LogP contribution in [0, 0.1) is 5.92 Å². The van der Waals surface area contributed by atoms with E-state index in [1.807, 2.05) is 37.3 Å². The summed E-state index contributed by atoms with van der Waals surface area (Å²) >= 11 is 0. The maximum atomic E-state index is 11.8. The summed E-state index contributed by atoms with van der Waals surface area (Å²) in [4.78, 5) is 17.4. The van der Waals surface area contributed by atoms with Gasteiger partial charge in [0.1, 0.15) is 6.61 Å². The first kappa shape index (κ1) is 15.0. The van der Waals surface area contributed by atoms with Gasteiger partial charge in [-0.15, -0.1) is 0 Å². The van der Waals surface area contributed by atoms with Crippen LogP contribution in [-0.2, 0) is 21.0 Å². The zero-order valence-corrected chi connectivity index (χ0v) is 12.0. The van der Waals surface area contributed by atoms with Crippen molar-refractivity contribution in [3.63, 3.8) is 0 Å². The second-order valence-electron chi connectivity index (χ2n) is 5.37. The smallest absolute Gasteiger partial charge is 0.310 e. The molecule has 1 N–H and O–H groups in total. The van der Waals surface area contributed by atoms with Crippen LogP contribution in [-0.4, -0.2) is 18.6 Å². The number of carbonyl (C=O) groups is 1. The van der Waals surface area contributed by atoms with Gasteiger partial charge in [-0.3, -0.25) is 9.63 Å². The molecule has 1 aliphatic carbocycles. The molecule has 1 aromatic rings. The summed E-state index contributed by atoms with van der Waals surface area (Å²) in [7, 11) is 0. The molecule has 2 rings (SSSR count). The molecule has 1 atom stereocenters. The van der Waals surface area contributed by atoms with Crippen LogP contribution in [0.15, 0.2) is 30.3 Å². The summed E-state index contributed by atoms with van der Waals surface area (Å²) in [5.41, 5.74) is 3.91. The predicted octanol–water partition coefficient (Wildman–Crippen LogP) is 2.83. The lowest BCUT2D eigenvalue weighted by atomic mass is 10.2. The lowest BCUT2D eigenvalue weighted by Gasteiger charge is -2.15. The van der Waals surface area contributed by atoms with E-state index < -0.39 is 0 Å². The molecule has 1 unspecified atom stereocenters. The van der Waals surface area contributed by atoms with E-state index in [4.69, 9.17) is 9.57 Å². The highest BCUT2D eigenvalue weighted by atomic mass is 16.7. The minimum absolute atomic E-state index is 0.198. The summed E-state index contributed by atoms with van der Waals surface area (Å²) in [6.45, 7) is 2.66. The van der Waals surface area contributed by atoms with E-state index in [-0.39, 0.29) is 11.9 Å². The first-order chi connectivity index (χ1) is 9.75. The highest BCUT2D eigenvalue weighted by Crippen LogP contribution is 2.19. The molecule has 0 saturated heterocycles. The molecule has 0 spiro atoms. The van der Waals surface area contributed by atoms with Gasteiger partial charge >= 0.3 is 5.97 Å². The highest BCUT2D eigenvalue weighted by Gasteiger charge is 2.18. The Hall–Kier alpha value is -1.39. The van der Waals surface area contributed by atoms with Gasteiger partial charge in [-0.25, -0.2) is 5.48 Å². The van der Waals surface area contributed by atoms with Crippen molar-refractivity contribution in [1.29, 1.82) is 0 Å². The van der Waals surface area contributed by atoms with E-state index in [0.717, 1.165) is 18.4 Å². The Bertz CT molecular complexity index is 401. The van der Waals surface area contributed by atoms with Crippen LogP contribution < -0.4 is 5.48 Å². The Kier molecular flexibility index (Phi) is 6.02. The number of nitrogens with one attached hydrogen (secondary N) is 1. The summed E-state index contributed by atoms with van der Waals surface area (Å²) in [6.07, 6.45) is 5.00. The van der Waals surface area contributed by atoms with Crippen LogP contribution in [0.4, 0.5) is 0 Å². The molecule has 0 aliphatic heterocycles. The van der Waals surface area contributed by atoms with Gasteiger partial charge in [-0.05, 0) is 18.4 Å². The first-order valence-electron chi connectivity index (χ1n) is 7.35. The molecule has 0 heterocycles. The van der Waals surface area contributed by atoms with Gasteiger partial charge in [0.05, 0.1) is 12.0 Å². The second kappa shape index (κ2) is 8.02. The Labute approximate surface area is 120 Å². The van der Waals surface area contributed by atoms with E-state index in [0.29, 0.717) is 19.3 Å². The Balaban J connectivity index is 1.61. The van der Waals surface area contributed by atoms with Crippen LogP contribution >= 0.6 is 0 Å². The monoisotopic (exact) mass is 277 g/mol. The molecule has 4 heteroatoms. The summed E-state index contributed by atoms with van der Waals surface area (Å²) in [6, 6.07) is 9.70. The molecule has 1 aromatic carbocycles. The number of hydrogen-bond acceptors (Lipinski definition) is 4. The molecule has 0 amide bonds. The van der Waals surface area contributed by atoms with Crippen molar-refractivity contribution < 1.29 is 14.4 Å². The Morgan fingerprint density at radius 2 is 2.00 bits per heavy atom. The number of hydroxylamine groups is 1. The molecule has 1 saturated carbocycles. The van der Waals surface area contributed by atoms with Crippen molar-refractivity contribution in [2.45, 2.75) is 45.3 Å². The SMILES string of the molecule is CC(CNOC1CCCC1)C(=O)OCc1ccccc1. The summed E-state index contributed by atoms with van der Waals surface area (Å²) in [5.74, 6) is -0.406. The van der Waals surface area contributed by atoms with Crippen molar-refractivity contribution >= 4 is 5.97 Å². The van der Waals surface area contributed by atoms with Crippen LogP contribution in [0.5, 0.6) is 0 Å². The number of rotatable bonds is 7. The van der Waals surface area contributed by atoms with Crippen LogP contribution in [0.1, 0.15) is 38.2 Å². The Morgan fingerprint density at radius 1 is 1.30 bits per heavy atom. The second-order valence-corrected chi connectivity index (χ2v) is 5.37. The average molecular weight is 277 g/mol. The van der Waals surface area contributed by atoms with Crippen LogP contribution in [0.25, 0.3) is 0 Å². The molecule has 0 aromatic heterocycles. The normalized spacial score (nSPS) is 17.1. The lowest BCUT2D eigenvalue weighted by molar-refractivity contribution is -0.150. The zero-order chi connectivity index (χ0) is 14.2. The third-order valence-electron chi connectivity index (χ3n) is 3.57. The quantitative estimate of drug-likeness (QED) is 0.615. The maximum absolute atomic E-state index is 11.8. The highest BCUT2D eigenvalue weighted by molar-refractivity contribution is 5.72. The van der Waals surface area contributed by atoms with Crippen LogP contribution in [0.3, 0.4) is 0 Å². The molecule has 0 radical (unpaired) electrons. The molecule has 0 bridgehead atoms. The third-order valence-corrected chi connectivity index (χ3v) is 3.57. The zero-order valence-electron chi connectivity index (χ0n) is 12.0. The molecular formula is C16H23NO3.